The Labute approximate surface area is 172 Å². The van der Waals surface area contributed by atoms with Gasteiger partial charge in [0.2, 0.25) is 5.88 Å². The van der Waals surface area contributed by atoms with Crippen molar-refractivity contribution < 1.29 is 14.3 Å². The third-order valence-electron chi connectivity index (χ3n) is 4.10. The molecule has 2 rings (SSSR count). The quantitative estimate of drug-likeness (QED) is 0.651. The van der Waals surface area contributed by atoms with Crippen LogP contribution in [0.4, 0.5) is 0 Å². The number of hydrogen-bond acceptors (Lipinski definition) is 5. The lowest BCUT2D eigenvalue weighted by Crippen LogP contribution is -2.50. The largest absolute Gasteiger partial charge is 0.484 e. The first-order chi connectivity index (χ1) is 12.0. The number of halogens is 2. The minimum Gasteiger partial charge on any atom is -0.484 e. The van der Waals surface area contributed by atoms with E-state index in [9.17, 15) is 4.79 Å². The van der Waals surface area contributed by atoms with Crippen LogP contribution in [-0.4, -0.2) is 29.6 Å². The zero-order valence-corrected chi connectivity index (χ0v) is 17.1. The molecule has 1 amide bonds. The lowest BCUT2D eigenvalue weighted by molar-refractivity contribution is -0.123. The zero-order valence-electron chi connectivity index (χ0n) is 15.5. The number of carbonyl (C=O) groups excluding carboxylic acids is 1. The highest BCUT2D eigenvalue weighted by atomic mass is 35.5. The van der Waals surface area contributed by atoms with Crippen LogP contribution in [0.3, 0.4) is 0 Å². The van der Waals surface area contributed by atoms with Crippen molar-refractivity contribution in [1.29, 1.82) is 0 Å². The number of amides is 1. The maximum atomic E-state index is 11.9. The summed E-state index contributed by atoms with van der Waals surface area (Å²) < 4.78 is 11.1. The fraction of sp³-hybridized carbons (Fsp3) is 0.368. The van der Waals surface area contributed by atoms with E-state index in [4.69, 9.17) is 15.2 Å². The molecule has 0 saturated heterocycles. The van der Waals surface area contributed by atoms with E-state index in [1.54, 1.807) is 36.5 Å². The summed E-state index contributed by atoms with van der Waals surface area (Å²) in [4.78, 5) is 16.0. The highest BCUT2D eigenvalue weighted by molar-refractivity contribution is 5.85. The van der Waals surface area contributed by atoms with Crippen molar-refractivity contribution in [2.24, 2.45) is 5.73 Å². The molecule has 0 aliphatic heterocycles. The number of hydrogen-bond donors (Lipinski definition) is 2. The van der Waals surface area contributed by atoms with Crippen LogP contribution >= 0.6 is 24.8 Å². The van der Waals surface area contributed by atoms with Gasteiger partial charge in [-0.2, -0.15) is 0 Å². The van der Waals surface area contributed by atoms with Crippen LogP contribution in [-0.2, 0) is 4.79 Å². The maximum absolute atomic E-state index is 11.9. The fourth-order valence-corrected chi connectivity index (χ4v) is 2.11. The van der Waals surface area contributed by atoms with Crippen molar-refractivity contribution in [3.05, 3.63) is 48.7 Å². The monoisotopic (exact) mass is 415 g/mol. The van der Waals surface area contributed by atoms with E-state index in [0.29, 0.717) is 23.9 Å². The third-order valence-corrected chi connectivity index (χ3v) is 4.10. The van der Waals surface area contributed by atoms with Gasteiger partial charge in [0.05, 0.1) is 0 Å². The Morgan fingerprint density at radius 2 is 1.70 bits per heavy atom. The van der Waals surface area contributed by atoms with Crippen LogP contribution in [0.2, 0.25) is 0 Å². The summed E-state index contributed by atoms with van der Waals surface area (Å²) in [6, 6.07) is 12.5. The molecule has 0 fully saturated rings. The lowest BCUT2D eigenvalue weighted by Gasteiger charge is -2.26. The number of nitrogens with one attached hydrogen (secondary N) is 1. The summed E-state index contributed by atoms with van der Waals surface area (Å²) in [5, 5.41) is 2.82. The molecule has 0 atom stereocenters. The highest BCUT2D eigenvalue weighted by Crippen LogP contribution is 2.22. The average Bonchev–Trinajstić information content (AvgIpc) is 2.66. The van der Waals surface area contributed by atoms with E-state index in [0.717, 1.165) is 12.8 Å². The Kier molecular flexibility index (Phi) is 11.5. The second-order valence-corrected chi connectivity index (χ2v) is 5.88. The second-order valence-electron chi connectivity index (χ2n) is 5.88. The fourth-order valence-electron chi connectivity index (χ4n) is 2.11. The van der Waals surface area contributed by atoms with Gasteiger partial charge in [0.15, 0.2) is 6.61 Å². The zero-order chi connectivity index (χ0) is 18.1. The second kappa shape index (κ2) is 12.4. The smallest absolute Gasteiger partial charge is 0.258 e. The molecular formula is C19H27Cl2N3O3. The van der Waals surface area contributed by atoms with Crippen molar-refractivity contribution in [3.8, 4) is 17.4 Å². The van der Waals surface area contributed by atoms with Gasteiger partial charge >= 0.3 is 0 Å². The summed E-state index contributed by atoms with van der Waals surface area (Å²) >= 11 is 0. The van der Waals surface area contributed by atoms with Crippen LogP contribution in [0.5, 0.6) is 17.4 Å². The van der Waals surface area contributed by atoms with Crippen LogP contribution in [0, 0.1) is 0 Å². The van der Waals surface area contributed by atoms with Crippen LogP contribution in [0.1, 0.15) is 26.7 Å². The topological polar surface area (TPSA) is 86.5 Å². The highest BCUT2D eigenvalue weighted by Gasteiger charge is 2.20. The molecule has 0 radical (unpaired) electrons. The number of nitrogens with two attached hydrogens (primary N) is 1. The summed E-state index contributed by atoms with van der Waals surface area (Å²) in [7, 11) is 0. The molecule has 0 aliphatic carbocycles. The first-order valence-electron chi connectivity index (χ1n) is 8.42. The molecule has 1 aromatic carbocycles. The standard InChI is InChI=1S/C19H25N3O3.2ClH/c1-3-19(20,4-2)14-22-17(23)13-24-15-8-10-16(11-9-15)25-18-7-5-6-12-21-18;;/h5-12H,3-4,13-14,20H2,1-2H3,(H,22,23);2*1H. The van der Waals surface area contributed by atoms with Gasteiger partial charge in [-0.1, -0.05) is 19.9 Å². The summed E-state index contributed by atoms with van der Waals surface area (Å²) in [5.74, 6) is 1.57. The summed E-state index contributed by atoms with van der Waals surface area (Å²) in [5.41, 5.74) is 5.80. The Bertz CT molecular complexity index is 666. The number of benzene rings is 1. The van der Waals surface area contributed by atoms with E-state index in [-0.39, 0.29) is 42.9 Å². The van der Waals surface area contributed by atoms with Gasteiger partial charge in [-0.25, -0.2) is 4.98 Å². The molecule has 6 nitrogen and oxygen atoms in total. The lowest BCUT2D eigenvalue weighted by atomic mass is 9.94. The Morgan fingerprint density at radius 3 is 2.26 bits per heavy atom. The van der Waals surface area contributed by atoms with E-state index in [2.05, 4.69) is 10.3 Å². The Hall–Kier alpha value is -2.02. The van der Waals surface area contributed by atoms with Crippen LogP contribution in [0.15, 0.2) is 48.7 Å². The van der Waals surface area contributed by atoms with Gasteiger partial charge in [0, 0.05) is 24.3 Å². The van der Waals surface area contributed by atoms with E-state index >= 15 is 0 Å². The van der Waals surface area contributed by atoms with Crippen molar-refractivity contribution in [2.75, 3.05) is 13.2 Å². The Balaban J connectivity index is 0.00000338. The number of aromatic nitrogens is 1. The summed E-state index contributed by atoms with van der Waals surface area (Å²) in [6.45, 7) is 4.42. The minimum absolute atomic E-state index is 0. The molecule has 2 aromatic rings. The first-order valence-corrected chi connectivity index (χ1v) is 8.42. The van der Waals surface area contributed by atoms with E-state index in [1.807, 2.05) is 26.0 Å². The van der Waals surface area contributed by atoms with Gasteiger partial charge in [-0.05, 0) is 43.2 Å². The SMILES string of the molecule is CCC(N)(CC)CNC(=O)COc1ccc(Oc2ccccn2)cc1.Cl.Cl. The number of pyridine rings is 1. The number of ether oxygens (including phenoxy) is 2. The molecule has 1 heterocycles. The van der Waals surface area contributed by atoms with Gasteiger partial charge in [0.1, 0.15) is 11.5 Å². The molecule has 0 unspecified atom stereocenters. The molecule has 0 spiro atoms. The molecule has 0 aliphatic rings. The van der Waals surface area contributed by atoms with E-state index in [1.165, 1.54) is 0 Å². The summed E-state index contributed by atoms with van der Waals surface area (Å²) in [6.07, 6.45) is 3.28. The maximum Gasteiger partial charge on any atom is 0.258 e. The molecule has 0 saturated carbocycles. The molecular weight excluding hydrogens is 389 g/mol. The number of rotatable bonds is 9. The predicted octanol–water partition coefficient (Wildman–Crippen LogP) is 3.73. The van der Waals surface area contributed by atoms with Crippen molar-refractivity contribution in [3.63, 3.8) is 0 Å². The third kappa shape index (κ3) is 8.47. The Morgan fingerprint density at radius 1 is 1.07 bits per heavy atom. The molecule has 27 heavy (non-hydrogen) atoms. The normalized spacial score (nSPS) is 10.2. The van der Waals surface area contributed by atoms with Gasteiger partial charge < -0.3 is 20.5 Å². The first kappa shape index (κ1) is 25.0. The predicted molar refractivity (Wildman–Crippen MR) is 111 cm³/mol. The average molecular weight is 416 g/mol. The van der Waals surface area contributed by atoms with Crippen LogP contribution in [0.25, 0.3) is 0 Å². The molecule has 1 aromatic heterocycles. The molecule has 3 N–H and O–H groups in total. The molecule has 0 bridgehead atoms. The number of nitrogens with zero attached hydrogens (tertiary/aromatic N) is 1. The van der Waals surface area contributed by atoms with Crippen molar-refractivity contribution in [1.82, 2.24) is 10.3 Å². The van der Waals surface area contributed by atoms with E-state index < -0.39 is 0 Å². The molecule has 150 valence electrons. The van der Waals surface area contributed by atoms with Gasteiger partial charge in [-0.3, -0.25) is 4.79 Å². The van der Waals surface area contributed by atoms with Gasteiger partial charge in [-0.15, -0.1) is 24.8 Å². The number of carbonyl (C=O) groups is 1. The van der Waals surface area contributed by atoms with Crippen molar-refractivity contribution >= 4 is 30.7 Å². The van der Waals surface area contributed by atoms with Crippen molar-refractivity contribution in [2.45, 2.75) is 32.2 Å². The van der Waals surface area contributed by atoms with Crippen LogP contribution < -0.4 is 20.5 Å². The molecule has 8 heteroatoms. The minimum atomic E-state index is -0.361. The van der Waals surface area contributed by atoms with Gasteiger partial charge in [0.25, 0.3) is 5.91 Å².